The molecule has 1 nitrogen and oxygen atoms in total. The first-order chi connectivity index (χ1) is 7.61. The molecule has 96 valence electrons. The van der Waals surface area contributed by atoms with Crippen LogP contribution in [0, 0.1) is 5.92 Å². The van der Waals surface area contributed by atoms with Gasteiger partial charge in [0.2, 0.25) is 0 Å². The fourth-order valence-corrected chi connectivity index (χ4v) is 4.62. The first kappa shape index (κ1) is 14.4. The molecular formula is C14H29NS. The maximum Gasteiger partial charge on any atom is 0.00522 e. The van der Waals surface area contributed by atoms with Gasteiger partial charge >= 0.3 is 0 Å². The molecule has 16 heavy (non-hydrogen) atoms. The van der Waals surface area contributed by atoms with Gasteiger partial charge in [-0.05, 0) is 38.6 Å². The van der Waals surface area contributed by atoms with Crippen LogP contribution in [0.4, 0.5) is 0 Å². The number of rotatable bonds is 6. The molecule has 0 aliphatic heterocycles. The summed E-state index contributed by atoms with van der Waals surface area (Å²) in [5, 5.41) is 5.26. The summed E-state index contributed by atoms with van der Waals surface area (Å²) in [5.41, 5.74) is 0. The Labute approximate surface area is 106 Å². The van der Waals surface area contributed by atoms with Crippen LogP contribution in [-0.4, -0.2) is 23.1 Å². The van der Waals surface area contributed by atoms with Gasteiger partial charge in [0.1, 0.15) is 0 Å². The Morgan fingerprint density at radius 2 is 2.06 bits per heavy atom. The molecule has 1 N–H and O–H groups in total. The lowest BCUT2D eigenvalue weighted by Crippen LogP contribution is -2.29. The van der Waals surface area contributed by atoms with Gasteiger partial charge in [0.15, 0.2) is 0 Å². The molecule has 4 atom stereocenters. The van der Waals surface area contributed by atoms with Crippen LogP contribution in [0.2, 0.25) is 0 Å². The molecule has 0 aromatic carbocycles. The van der Waals surface area contributed by atoms with E-state index >= 15 is 0 Å². The first-order valence-corrected chi connectivity index (χ1v) is 7.95. The summed E-state index contributed by atoms with van der Waals surface area (Å²) in [5.74, 6) is 0.963. The van der Waals surface area contributed by atoms with Crippen LogP contribution in [0.1, 0.15) is 59.8 Å². The van der Waals surface area contributed by atoms with Crippen LogP contribution < -0.4 is 5.32 Å². The summed E-state index contributed by atoms with van der Waals surface area (Å²) >= 11 is 2.24. The molecule has 0 amide bonds. The van der Waals surface area contributed by atoms with E-state index in [0.29, 0.717) is 6.04 Å². The smallest absolute Gasteiger partial charge is 0.00522 e. The SMILES string of the molecule is CCNC(C)CC(C)SC1CCCC(C)C1. The van der Waals surface area contributed by atoms with Crippen LogP contribution in [0.5, 0.6) is 0 Å². The standard InChI is InChI=1S/C14H29NS/c1-5-15-12(3)10-13(4)16-14-8-6-7-11(2)9-14/h11-15H,5-10H2,1-4H3. The van der Waals surface area contributed by atoms with E-state index in [0.717, 1.165) is 23.0 Å². The van der Waals surface area contributed by atoms with E-state index in [9.17, 15) is 0 Å². The lowest BCUT2D eigenvalue weighted by Gasteiger charge is -2.29. The fraction of sp³-hybridized carbons (Fsp3) is 1.00. The minimum Gasteiger partial charge on any atom is -0.314 e. The molecule has 0 heterocycles. The van der Waals surface area contributed by atoms with Gasteiger partial charge in [0.25, 0.3) is 0 Å². The van der Waals surface area contributed by atoms with E-state index in [2.05, 4.69) is 44.8 Å². The molecule has 0 bridgehead atoms. The van der Waals surface area contributed by atoms with Gasteiger partial charge in [-0.25, -0.2) is 0 Å². The zero-order chi connectivity index (χ0) is 12.0. The minimum absolute atomic E-state index is 0.675. The quantitative estimate of drug-likeness (QED) is 0.754. The van der Waals surface area contributed by atoms with Crippen LogP contribution in [0.25, 0.3) is 0 Å². The molecule has 0 aromatic heterocycles. The van der Waals surface area contributed by atoms with Crippen molar-refractivity contribution in [2.45, 2.75) is 76.3 Å². The molecule has 1 rings (SSSR count). The van der Waals surface area contributed by atoms with Crippen molar-refractivity contribution in [3.63, 3.8) is 0 Å². The van der Waals surface area contributed by atoms with Gasteiger partial charge in [-0.1, -0.05) is 33.6 Å². The Kier molecular flexibility index (Phi) is 6.83. The molecule has 0 spiro atoms. The van der Waals surface area contributed by atoms with E-state index in [4.69, 9.17) is 0 Å². The van der Waals surface area contributed by atoms with Gasteiger partial charge in [-0.15, -0.1) is 0 Å². The zero-order valence-corrected chi connectivity index (χ0v) is 12.3. The maximum absolute atomic E-state index is 3.51. The highest BCUT2D eigenvalue weighted by Gasteiger charge is 2.21. The highest BCUT2D eigenvalue weighted by Crippen LogP contribution is 2.35. The van der Waals surface area contributed by atoms with Crippen LogP contribution in [-0.2, 0) is 0 Å². The van der Waals surface area contributed by atoms with Crippen LogP contribution in [0.15, 0.2) is 0 Å². The van der Waals surface area contributed by atoms with E-state index in [1.54, 1.807) is 0 Å². The van der Waals surface area contributed by atoms with Gasteiger partial charge in [0, 0.05) is 16.5 Å². The van der Waals surface area contributed by atoms with Crippen molar-refractivity contribution in [3.8, 4) is 0 Å². The molecule has 1 aliphatic carbocycles. The highest BCUT2D eigenvalue weighted by molar-refractivity contribution is 8.00. The fourth-order valence-electron chi connectivity index (χ4n) is 2.82. The number of hydrogen-bond acceptors (Lipinski definition) is 2. The lowest BCUT2D eigenvalue weighted by molar-refractivity contribution is 0.393. The number of hydrogen-bond donors (Lipinski definition) is 1. The predicted molar refractivity (Wildman–Crippen MR) is 76.2 cm³/mol. The number of nitrogens with one attached hydrogen (secondary N) is 1. The van der Waals surface area contributed by atoms with Gasteiger partial charge in [-0.2, -0.15) is 11.8 Å². The second kappa shape index (κ2) is 7.60. The molecule has 1 fully saturated rings. The monoisotopic (exact) mass is 243 g/mol. The Morgan fingerprint density at radius 1 is 1.31 bits per heavy atom. The third kappa shape index (κ3) is 5.58. The van der Waals surface area contributed by atoms with Crippen molar-refractivity contribution >= 4 is 11.8 Å². The second-order valence-corrected chi connectivity index (χ2v) is 7.28. The largest absolute Gasteiger partial charge is 0.314 e. The van der Waals surface area contributed by atoms with Crippen molar-refractivity contribution in [1.29, 1.82) is 0 Å². The van der Waals surface area contributed by atoms with Crippen molar-refractivity contribution in [3.05, 3.63) is 0 Å². The Balaban J connectivity index is 2.19. The molecule has 1 saturated carbocycles. The third-order valence-electron chi connectivity index (χ3n) is 3.55. The van der Waals surface area contributed by atoms with Crippen LogP contribution in [0.3, 0.4) is 0 Å². The van der Waals surface area contributed by atoms with Crippen molar-refractivity contribution in [2.24, 2.45) is 5.92 Å². The molecular weight excluding hydrogens is 214 g/mol. The lowest BCUT2D eigenvalue weighted by atomic mass is 9.91. The Morgan fingerprint density at radius 3 is 2.69 bits per heavy atom. The molecule has 1 aliphatic rings. The zero-order valence-electron chi connectivity index (χ0n) is 11.5. The van der Waals surface area contributed by atoms with E-state index in [1.807, 2.05) is 0 Å². The summed E-state index contributed by atoms with van der Waals surface area (Å²) < 4.78 is 0. The Bertz CT molecular complexity index is 184. The van der Waals surface area contributed by atoms with Crippen LogP contribution >= 0.6 is 11.8 Å². The van der Waals surface area contributed by atoms with Gasteiger partial charge in [-0.3, -0.25) is 0 Å². The Hall–Kier alpha value is 0.310. The molecule has 2 heteroatoms. The summed E-state index contributed by atoms with van der Waals surface area (Å²) in [6.07, 6.45) is 7.12. The average molecular weight is 243 g/mol. The van der Waals surface area contributed by atoms with Crippen molar-refractivity contribution in [2.75, 3.05) is 6.54 Å². The van der Waals surface area contributed by atoms with Gasteiger partial charge < -0.3 is 5.32 Å². The third-order valence-corrected chi connectivity index (χ3v) is 5.02. The van der Waals surface area contributed by atoms with Crippen molar-refractivity contribution < 1.29 is 0 Å². The van der Waals surface area contributed by atoms with E-state index in [1.165, 1.54) is 32.1 Å². The topological polar surface area (TPSA) is 12.0 Å². The highest BCUT2D eigenvalue weighted by atomic mass is 32.2. The maximum atomic E-state index is 3.51. The van der Waals surface area contributed by atoms with Crippen molar-refractivity contribution in [1.82, 2.24) is 5.32 Å². The molecule has 0 saturated heterocycles. The predicted octanol–water partition coefficient (Wildman–Crippen LogP) is 4.07. The van der Waals surface area contributed by atoms with E-state index in [-0.39, 0.29) is 0 Å². The summed E-state index contributed by atoms with van der Waals surface area (Å²) in [6.45, 7) is 10.4. The van der Waals surface area contributed by atoms with E-state index < -0.39 is 0 Å². The summed E-state index contributed by atoms with van der Waals surface area (Å²) in [4.78, 5) is 0. The van der Waals surface area contributed by atoms with Gasteiger partial charge in [0.05, 0.1) is 0 Å². The molecule has 4 unspecified atom stereocenters. The molecule has 0 aromatic rings. The number of thioether (sulfide) groups is 1. The second-order valence-electron chi connectivity index (χ2n) is 5.53. The normalized spacial score (nSPS) is 30.0. The summed E-state index contributed by atoms with van der Waals surface area (Å²) in [6, 6.07) is 0.675. The molecule has 0 radical (unpaired) electrons. The minimum atomic E-state index is 0.675. The average Bonchev–Trinajstić information content (AvgIpc) is 2.17. The summed E-state index contributed by atoms with van der Waals surface area (Å²) in [7, 11) is 0. The first-order valence-electron chi connectivity index (χ1n) is 7.00.